The molecule has 0 saturated heterocycles. The first-order chi connectivity index (χ1) is 14.5. The third-order valence-electron chi connectivity index (χ3n) is 4.93. The number of hydrogen-bond donors (Lipinski definition) is 2. The number of oxime groups is 1. The molecule has 0 spiro atoms. The van der Waals surface area contributed by atoms with Crippen LogP contribution in [0.5, 0.6) is 0 Å². The number of nitrogens with zero attached hydrogens (tertiary/aromatic N) is 1. The molecule has 0 aliphatic heterocycles. The first kappa shape index (κ1) is 24.2. The number of benzene rings is 1. The van der Waals surface area contributed by atoms with Crippen LogP contribution in [0.2, 0.25) is 0 Å². The van der Waals surface area contributed by atoms with E-state index in [0.717, 1.165) is 17.0 Å². The van der Waals surface area contributed by atoms with Crippen LogP contribution < -0.4 is 10.7 Å². The Bertz CT molecular complexity index is 1020. The maximum atomic E-state index is 13.3. The van der Waals surface area contributed by atoms with Crippen LogP contribution in [0.3, 0.4) is 0 Å². The van der Waals surface area contributed by atoms with E-state index in [2.05, 4.69) is 15.5 Å². The molecular weight excluding hydrogens is 404 g/mol. The maximum absolute atomic E-state index is 13.3. The number of alkyl halides is 2. The third-order valence-corrected chi connectivity index (χ3v) is 4.93. The van der Waals surface area contributed by atoms with E-state index < -0.39 is 11.8 Å². The lowest BCUT2D eigenvalue weighted by atomic mass is 9.95. The SMILES string of the molecule is CCO/N=C(/NC(=O)C(C)(F)F)c1ccc(Cc2c(C(C)C)[nH]c(C)c(C)c2=O)cc1. The van der Waals surface area contributed by atoms with Gasteiger partial charge < -0.3 is 15.1 Å². The van der Waals surface area contributed by atoms with Gasteiger partial charge in [0.1, 0.15) is 6.61 Å². The molecule has 31 heavy (non-hydrogen) atoms. The van der Waals surface area contributed by atoms with Crippen LogP contribution in [-0.2, 0) is 16.1 Å². The molecule has 0 aliphatic rings. The van der Waals surface area contributed by atoms with E-state index in [1.807, 2.05) is 20.8 Å². The van der Waals surface area contributed by atoms with Gasteiger partial charge in [0.25, 0.3) is 5.91 Å². The van der Waals surface area contributed by atoms with Crippen LogP contribution in [0.15, 0.2) is 34.2 Å². The quantitative estimate of drug-likeness (QED) is 0.390. The molecule has 168 valence electrons. The van der Waals surface area contributed by atoms with Gasteiger partial charge >= 0.3 is 5.92 Å². The first-order valence-electron chi connectivity index (χ1n) is 10.2. The summed E-state index contributed by atoms with van der Waals surface area (Å²) in [7, 11) is 0. The van der Waals surface area contributed by atoms with Gasteiger partial charge in [-0.15, -0.1) is 0 Å². The average molecular weight is 433 g/mol. The lowest BCUT2D eigenvalue weighted by molar-refractivity contribution is -0.141. The number of amidine groups is 1. The number of carbonyl (C=O) groups excluding carboxylic acids is 1. The topological polar surface area (TPSA) is 83.5 Å². The fourth-order valence-electron chi connectivity index (χ4n) is 3.04. The molecule has 1 amide bonds. The number of amides is 1. The normalized spacial score (nSPS) is 12.2. The fraction of sp³-hybridized carbons (Fsp3) is 0.435. The van der Waals surface area contributed by atoms with E-state index >= 15 is 0 Å². The minimum atomic E-state index is -3.55. The molecule has 6 nitrogen and oxygen atoms in total. The fourth-order valence-corrected chi connectivity index (χ4v) is 3.04. The lowest BCUT2D eigenvalue weighted by Gasteiger charge is -2.16. The zero-order chi connectivity index (χ0) is 23.3. The number of aromatic nitrogens is 1. The van der Waals surface area contributed by atoms with Gasteiger partial charge in [0.05, 0.1) is 0 Å². The molecule has 2 rings (SSSR count). The molecule has 2 aromatic rings. The Labute approximate surface area is 180 Å². The summed E-state index contributed by atoms with van der Waals surface area (Å²) < 4.78 is 26.6. The average Bonchev–Trinajstić information content (AvgIpc) is 2.70. The van der Waals surface area contributed by atoms with Crippen molar-refractivity contribution in [2.75, 3.05) is 6.61 Å². The van der Waals surface area contributed by atoms with E-state index in [1.54, 1.807) is 38.1 Å². The van der Waals surface area contributed by atoms with Crippen molar-refractivity contribution in [2.45, 2.75) is 59.8 Å². The summed E-state index contributed by atoms with van der Waals surface area (Å²) in [4.78, 5) is 32.8. The molecule has 0 radical (unpaired) electrons. The Morgan fingerprint density at radius 1 is 1.23 bits per heavy atom. The number of nitrogens with one attached hydrogen (secondary N) is 2. The number of carbonyl (C=O) groups is 1. The summed E-state index contributed by atoms with van der Waals surface area (Å²) in [6.07, 6.45) is 0.418. The van der Waals surface area contributed by atoms with Gasteiger partial charge in [-0.3, -0.25) is 9.59 Å². The number of halogens is 2. The summed E-state index contributed by atoms with van der Waals surface area (Å²) in [6.45, 7) is 10.1. The molecule has 1 heterocycles. The highest BCUT2D eigenvalue weighted by Crippen LogP contribution is 2.20. The Balaban J connectivity index is 2.36. The van der Waals surface area contributed by atoms with E-state index in [9.17, 15) is 18.4 Å². The van der Waals surface area contributed by atoms with E-state index in [0.29, 0.717) is 30.0 Å². The predicted octanol–water partition coefficient (Wildman–Crippen LogP) is 4.18. The minimum absolute atomic E-state index is 0.0139. The van der Waals surface area contributed by atoms with Crippen LogP contribution in [0, 0.1) is 13.8 Å². The molecule has 8 heteroatoms. The summed E-state index contributed by atoms with van der Waals surface area (Å²) in [5.41, 5.74) is 4.43. The standard InChI is InChI=1S/C23H29F2N3O3/c1-7-31-28-21(27-22(30)23(6,24)25)17-10-8-16(9-11-17)12-18-19(13(2)3)26-15(5)14(4)20(18)29/h8-11,13H,7,12H2,1-6H3,(H,26,29)(H,27,28,30). The zero-order valence-corrected chi connectivity index (χ0v) is 18.7. The Morgan fingerprint density at radius 2 is 1.84 bits per heavy atom. The molecule has 1 aromatic heterocycles. The van der Waals surface area contributed by atoms with Gasteiger partial charge in [-0.25, -0.2) is 0 Å². The molecule has 0 aliphatic carbocycles. The zero-order valence-electron chi connectivity index (χ0n) is 18.7. The number of hydrogen-bond acceptors (Lipinski definition) is 4. The van der Waals surface area contributed by atoms with E-state index in [4.69, 9.17) is 4.84 Å². The van der Waals surface area contributed by atoms with Crippen molar-refractivity contribution in [2.24, 2.45) is 5.16 Å². The molecule has 0 saturated carbocycles. The second kappa shape index (κ2) is 9.85. The smallest absolute Gasteiger partial charge is 0.322 e. The highest BCUT2D eigenvalue weighted by molar-refractivity contribution is 6.09. The maximum Gasteiger partial charge on any atom is 0.322 e. The minimum Gasteiger partial charge on any atom is -0.394 e. The molecule has 0 bridgehead atoms. The van der Waals surface area contributed by atoms with E-state index in [1.165, 1.54) is 0 Å². The van der Waals surface area contributed by atoms with Gasteiger partial charge in [0.2, 0.25) is 0 Å². The Morgan fingerprint density at radius 3 is 2.35 bits per heavy atom. The largest absolute Gasteiger partial charge is 0.394 e. The summed E-state index contributed by atoms with van der Waals surface area (Å²) in [5, 5.41) is 5.85. The molecular formula is C23H29F2N3O3. The van der Waals surface area contributed by atoms with Crippen molar-refractivity contribution in [3.63, 3.8) is 0 Å². The Kier molecular flexibility index (Phi) is 7.70. The van der Waals surface area contributed by atoms with Gasteiger partial charge in [-0.05, 0) is 32.3 Å². The van der Waals surface area contributed by atoms with Crippen molar-refractivity contribution in [1.29, 1.82) is 0 Å². The summed E-state index contributed by atoms with van der Waals surface area (Å²) in [6, 6.07) is 6.83. The number of rotatable bonds is 7. The third kappa shape index (κ3) is 5.99. The van der Waals surface area contributed by atoms with Crippen LogP contribution in [0.4, 0.5) is 8.78 Å². The van der Waals surface area contributed by atoms with Crippen molar-refractivity contribution in [1.82, 2.24) is 10.3 Å². The first-order valence-corrected chi connectivity index (χ1v) is 10.2. The number of pyridine rings is 1. The molecule has 2 N–H and O–H groups in total. The monoisotopic (exact) mass is 433 g/mol. The van der Waals surface area contributed by atoms with Crippen LogP contribution >= 0.6 is 0 Å². The second-order valence-electron chi connectivity index (χ2n) is 7.82. The van der Waals surface area contributed by atoms with Crippen LogP contribution in [-0.4, -0.2) is 29.3 Å². The van der Waals surface area contributed by atoms with Gasteiger partial charge in [0.15, 0.2) is 11.3 Å². The van der Waals surface area contributed by atoms with Gasteiger partial charge in [-0.1, -0.05) is 43.3 Å². The van der Waals surface area contributed by atoms with Crippen molar-refractivity contribution in [3.8, 4) is 0 Å². The lowest BCUT2D eigenvalue weighted by Crippen LogP contribution is -2.41. The predicted molar refractivity (Wildman–Crippen MR) is 117 cm³/mol. The van der Waals surface area contributed by atoms with Crippen molar-refractivity contribution >= 4 is 11.7 Å². The summed E-state index contributed by atoms with van der Waals surface area (Å²) >= 11 is 0. The highest BCUT2D eigenvalue weighted by Gasteiger charge is 2.33. The van der Waals surface area contributed by atoms with E-state index in [-0.39, 0.29) is 23.8 Å². The molecule has 0 atom stereocenters. The van der Waals surface area contributed by atoms with Crippen LogP contribution in [0.1, 0.15) is 67.3 Å². The van der Waals surface area contributed by atoms with Gasteiger partial charge in [-0.2, -0.15) is 8.78 Å². The highest BCUT2D eigenvalue weighted by atomic mass is 19.3. The van der Waals surface area contributed by atoms with Crippen molar-refractivity contribution < 1.29 is 18.4 Å². The van der Waals surface area contributed by atoms with Gasteiger partial charge in [0, 0.05) is 41.4 Å². The van der Waals surface area contributed by atoms with Crippen molar-refractivity contribution in [3.05, 3.63) is 68.1 Å². The molecule has 0 fully saturated rings. The van der Waals surface area contributed by atoms with Crippen LogP contribution in [0.25, 0.3) is 0 Å². The Hall–Kier alpha value is -3.03. The number of aryl methyl sites for hydroxylation is 1. The number of aromatic amines is 1. The summed E-state index contributed by atoms with van der Waals surface area (Å²) in [5.74, 6) is -4.98. The molecule has 1 aromatic carbocycles. The number of H-pyrrole nitrogens is 1. The molecule has 0 unspecified atom stereocenters. The second-order valence-corrected chi connectivity index (χ2v) is 7.82.